The highest BCUT2D eigenvalue weighted by Crippen LogP contribution is 2.17. The fourth-order valence-corrected chi connectivity index (χ4v) is 1.70. The Kier molecular flexibility index (Phi) is 3.46. The van der Waals surface area contributed by atoms with Crippen molar-refractivity contribution in [3.8, 4) is 0 Å². The van der Waals surface area contributed by atoms with Gasteiger partial charge in [0.1, 0.15) is 11.4 Å². The highest BCUT2D eigenvalue weighted by atomic mass is 35.5. The van der Waals surface area contributed by atoms with E-state index in [0.717, 1.165) is 22.2 Å². The van der Waals surface area contributed by atoms with Crippen LogP contribution in [0.5, 0.6) is 0 Å². The molecule has 0 radical (unpaired) electrons. The normalized spacial score (nSPS) is 11.8. The van der Waals surface area contributed by atoms with Crippen LogP contribution in [0.3, 0.4) is 0 Å². The molecule has 17 heavy (non-hydrogen) atoms. The lowest BCUT2D eigenvalue weighted by atomic mass is 10.1. The van der Waals surface area contributed by atoms with Crippen LogP contribution < -0.4 is 5.32 Å². The highest BCUT2D eigenvalue weighted by Gasteiger charge is 2.04. The van der Waals surface area contributed by atoms with Gasteiger partial charge in [-0.2, -0.15) is 0 Å². The van der Waals surface area contributed by atoms with Gasteiger partial charge < -0.3 is 10.7 Å². The van der Waals surface area contributed by atoms with Gasteiger partial charge in [-0.3, -0.25) is 4.98 Å². The van der Waals surface area contributed by atoms with Crippen molar-refractivity contribution >= 4 is 34.4 Å². The second-order valence-electron chi connectivity index (χ2n) is 3.50. The van der Waals surface area contributed by atoms with E-state index in [0.29, 0.717) is 5.15 Å². The Bertz CT molecular complexity index is 592. The van der Waals surface area contributed by atoms with E-state index >= 15 is 0 Å². The molecule has 0 aliphatic carbocycles. The van der Waals surface area contributed by atoms with E-state index in [9.17, 15) is 0 Å². The van der Waals surface area contributed by atoms with Crippen LogP contribution >= 0.6 is 11.6 Å². The lowest BCUT2D eigenvalue weighted by Crippen LogP contribution is -2.72. The molecule has 0 unspecified atom stereocenters. The molecule has 0 saturated heterocycles. The van der Waals surface area contributed by atoms with Gasteiger partial charge in [-0.15, -0.1) is 0 Å². The SMILES string of the molecule is C[NH2+]/C=C(\C=N)c1cnc2ccc(Cl)nc2c1. The fraction of sp³-hybridized carbons (Fsp3) is 0.0833. The van der Waals surface area contributed by atoms with Crippen molar-refractivity contribution in [1.82, 2.24) is 9.97 Å². The van der Waals surface area contributed by atoms with Gasteiger partial charge in [-0.1, -0.05) is 11.6 Å². The third kappa shape index (κ3) is 2.49. The average molecular weight is 248 g/mol. The van der Waals surface area contributed by atoms with Crippen molar-refractivity contribution < 1.29 is 5.32 Å². The molecule has 0 atom stereocenters. The molecule has 2 aromatic rings. The molecule has 5 heteroatoms. The summed E-state index contributed by atoms with van der Waals surface area (Å²) < 4.78 is 0. The van der Waals surface area contributed by atoms with Gasteiger partial charge >= 0.3 is 0 Å². The molecule has 3 N–H and O–H groups in total. The van der Waals surface area contributed by atoms with Gasteiger partial charge in [0.15, 0.2) is 0 Å². The average Bonchev–Trinajstić information content (AvgIpc) is 2.35. The summed E-state index contributed by atoms with van der Waals surface area (Å²) in [4.78, 5) is 8.50. The Morgan fingerprint density at radius 3 is 2.94 bits per heavy atom. The van der Waals surface area contributed by atoms with Crippen molar-refractivity contribution in [3.05, 3.63) is 41.3 Å². The number of nitrogens with one attached hydrogen (secondary N) is 1. The van der Waals surface area contributed by atoms with E-state index in [1.165, 1.54) is 6.21 Å². The first-order valence-electron chi connectivity index (χ1n) is 5.17. The summed E-state index contributed by atoms with van der Waals surface area (Å²) in [5, 5.41) is 9.69. The van der Waals surface area contributed by atoms with Crippen molar-refractivity contribution in [2.24, 2.45) is 0 Å². The molecule has 0 spiro atoms. The quantitative estimate of drug-likeness (QED) is 0.637. The first-order chi connectivity index (χ1) is 8.24. The lowest BCUT2D eigenvalue weighted by molar-refractivity contribution is -0.555. The van der Waals surface area contributed by atoms with Crippen LogP contribution in [0.25, 0.3) is 16.6 Å². The Balaban J connectivity index is 2.57. The molecule has 0 fully saturated rings. The third-order valence-electron chi connectivity index (χ3n) is 2.34. The molecule has 0 aliphatic rings. The number of allylic oxidation sites excluding steroid dienone is 1. The van der Waals surface area contributed by atoms with Crippen LogP contribution in [0.1, 0.15) is 5.56 Å². The third-order valence-corrected chi connectivity index (χ3v) is 2.55. The number of halogens is 1. The van der Waals surface area contributed by atoms with Crippen LogP contribution in [0.15, 0.2) is 30.6 Å². The summed E-state index contributed by atoms with van der Waals surface area (Å²) in [6.45, 7) is 0. The number of quaternary nitrogens is 1. The maximum Gasteiger partial charge on any atom is 0.129 e. The molecular formula is C12H12ClN4+. The number of fused-ring (bicyclic) bond motifs is 1. The monoisotopic (exact) mass is 247 g/mol. The molecule has 86 valence electrons. The van der Waals surface area contributed by atoms with Crippen LogP contribution in [-0.2, 0) is 0 Å². The first kappa shape index (κ1) is 11.7. The summed E-state index contributed by atoms with van der Waals surface area (Å²) in [6, 6.07) is 5.42. The molecule has 0 aliphatic heterocycles. The number of pyridine rings is 2. The van der Waals surface area contributed by atoms with Gasteiger partial charge in [-0.05, 0) is 18.2 Å². The topological polar surface area (TPSA) is 66.2 Å². The number of nitrogens with two attached hydrogens (primary N) is 1. The van der Waals surface area contributed by atoms with E-state index in [2.05, 4.69) is 9.97 Å². The molecule has 2 aromatic heterocycles. The summed E-state index contributed by atoms with van der Waals surface area (Å²) >= 11 is 5.84. The predicted octanol–water partition coefficient (Wildman–Crippen LogP) is 1.47. The number of nitrogens with zero attached hydrogens (tertiary/aromatic N) is 2. The molecule has 2 heterocycles. The second kappa shape index (κ2) is 5.03. The number of hydrogen-bond donors (Lipinski definition) is 2. The standard InChI is InChI=1S/C12H11ClN4/c1-15-6-9(5-14)8-4-11-10(16-7-8)2-3-12(13)17-11/h2-7,14-15H,1H3/p+1/b9-6+,14-5?. The van der Waals surface area contributed by atoms with Crippen molar-refractivity contribution in [1.29, 1.82) is 5.41 Å². The first-order valence-corrected chi connectivity index (χ1v) is 5.55. The minimum atomic E-state index is 0.443. The molecule has 0 amide bonds. The summed E-state index contributed by atoms with van der Waals surface area (Å²) in [5.41, 5.74) is 3.19. The zero-order valence-corrected chi connectivity index (χ0v) is 10.1. The Morgan fingerprint density at radius 2 is 2.24 bits per heavy atom. The van der Waals surface area contributed by atoms with E-state index in [1.54, 1.807) is 12.3 Å². The molecular weight excluding hydrogens is 236 g/mol. The van der Waals surface area contributed by atoms with E-state index < -0.39 is 0 Å². The largest absolute Gasteiger partial charge is 0.322 e. The zero-order chi connectivity index (χ0) is 12.3. The van der Waals surface area contributed by atoms with Gasteiger partial charge in [-0.25, -0.2) is 4.98 Å². The van der Waals surface area contributed by atoms with E-state index in [1.807, 2.05) is 30.7 Å². The minimum Gasteiger partial charge on any atom is -0.322 e. The number of rotatable bonds is 3. The second-order valence-corrected chi connectivity index (χ2v) is 3.88. The van der Waals surface area contributed by atoms with Crippen molar-refractivity contribution in [3.63, 3.8) is 0 Å². The predicted molar refractivity (Wildman–Crippen MR) is 69.2 cm³/mol. The molecule has 0 aromatic carbocycles. The summed E-state index contributed by atoms with van der Waals surface area (Å²) in [7, 11) is 1.91. The minimum absolute atomic E-state index is 0.443. The highest BCUT2D eigenvalue weighted by molar-refractivity contribution is 6.29. The lowest BCUT2D eigenvalue weighted by Gasteiger charge is -2.02. The van der Waals surface area contributed by atoms with Crippen molar-refractivity contribution in [2.45, 2.75) is 0 Å². The number of aromatic nitrogens is 2. The fourth-order valence-electron chi connectivity index (χ4n) is 1.55. The zero-order valence-electron chi connectivity index (χ0n) is 9.31. The van der Waals surface area contributed by atoms with Gasteiger partial charge in [0.2, 0.25) is 0 Å². The molecule has 2 rings (SSSR count). The Hall–Kier alpha value is -1.78. The molecule has 4 nitrogen and oxygen atoms in total. The van der Waals surface area contributed by atoms with Gasteiger partial charge in [0, 0.05) is 18.0 Å². The van der Waals surface area contributed by atoms with E-state index in [-0.39, 0.29) is 0 Å². The van der Waals surface area contributed by atoms with Crippen LogP contribution in [0, 0.1) is 5.41 Å². The maximum absolute atomic E-state index is 7.36. The smallest absolute Gasteiger partial charge is 0.129 e. The van der Waals surface area contributed by atoms with Crippen LogP contribution in [0.2, 0.25) is 5.15 Å². The van der Waals surface area contributed by atoms with Crippen molar-refractivity contribution in [2.75, 3.05) is 7.05 Å². The van der Waals surface area contributed by atoms with Crippen LogP contribution in [0.4, 0.5) is 0 Å². The van der Waals surface area contributed by atoms with E-state index in [4.69, 9.17) is 17.0 Å². The maximum atomic E-state index is 7.36. The summed E-state index contributed by atoms with van der Waals surface area (Å²) in [6.07, 6.45) is 4.89. The van der Waals surface area contributed by atoms with Crippen LogP contribution in [-0.4, -0.2) is 23.2 Å². The summed E-state index contributed by atoms with van der Waals surface area (Å²) in [5.74, 6) is 0. The molecule has 0 bridgehead atoms. The molecule has 0 saturated carbocycles. The van der Waals surface area contributed by atoms with Gasteiger partial charge in [0.25, 0.3) is 0 Å². The Labute approximate surface area is 104 Å². The van der Waals surface area contributed by atoms with Gasteiger partial charge in [0.05, 0.1) is 23.7 Å². The Morgan fingerprint density at radius 1 is 1.41 bits per heavy atom. The number of hydrogen-bond acceptors (Lipinski definition) is 3.